The maximum atomic E-state index is 11.8. The lowest BCUT2D eigenvalue weighted by atomic mass is 10.2. The first-order valence-electron chi connectivity index (χ1n) is 6.21. The maximum Gasteiger partial charge on any atom is 0.251 e. The molecule has 0 aliphatic rings. The molecule has 1 amide bonds. The Morgan fingerprint density at radius 1 is 1.29 bits per heavy atom. The van der Waals surface area contributed by atoms with E-state index < -0.39 is 0 Å². The van der Waals surface area contributed by atoms with Crippen LogP contribution in [0.25, 0.3) is 0 Å². The van der Waals surface area contributed by atoms with Crippen molar-refractivity contribution in [2.45, 2.75) is 39.7 Å². The van der Waals surface area contributed by atoms with E-state index in [-0.39, 0.29) is 11.9 Å². The van der Waals surface area contributed by atoms with E-state index in [2.05, 4.69) is 12.2 Å². The standard InChI is InChI=1S/C14H21NO2/c1-4-10-17-13-8-6-12(7-9-13)14(16)15-11(3)5-2/h6-9,11H,4-5,10H2,1-3H3,(H,15,16)/t11-/m1/s1. The molecule has 3 nitrogen and oxygen atoms in total. The summed E-state index contributed by atoms with van der Waals surface area (Å²) < 4.78 is 5.46. The Labute approximate surface area is 103 Å². The Morgan fingerprint density at radius 3 is 2.47 bits per heavy atom. The van der Waals surface area contributed by atoms with E-state index in [0.717, 1.165) is 18.6 Å². The van der Waals surface area contributed by atoms with Crippen molar-refractivity contribution in [3.05, 3.63) is 29.8 Å². The van der Waals surface area contributed by atoms with E-state index in [4.69, 9.17) is 4.74 Å². The van der Waals surface area contributed by atoms with E-state index in [1.807, 2.05) is 26.0 Å². The van der Waals surface area contributed by atoms with Gasteiger partial charge in [0.25, 0.3) is 5.91 Å². The zero-order valence-corrected chi connectivity index (χ0v) is 10.8. The smallest absolute Gasteiger partial charge is 0.251 e. The van der Waals surface area contributed by atoms with Crippen molar-refractivity contribution < 1.29 is 9.53 Å². The average molecular weight is 235 g/mol. The van der Waals surface area contributed by atoms with E-state index in [9.17, 15) is 4.79 Å². The first-order chi connectivity index (χ1) is 8.17. The molecule has 1 N–H and O–H groups in total. The van der Waals surface area contributed by atoms with Crippen LogP contribution in [0, 0.1) is 0 Å². The molecule has 94 valence electrons. The zero-order chi connectivity index (χ0) is 12.7. The molecule has 17 heavy (non-hydrogen) atoms. The van der Waals surface area contributed by atoms with Crippen molar-refractivity contribution in [2.24, 2.45) is 0 Å². The molecule has 1 rings (SSSR count). The maximum absolute atomic E-state index is 11.8. The van der Waals surface area contributed by atoms with Crippen LogP contribution in [-0.4, -0.2) is 18.6 Å². The summed E-state index contributed by atoms with van der Waals surface area (Å²) in [5, 5.41) is 2.93. The number of ether oxygens (including phenoxy) is 1. The molecule has 0 unspecified atom stereocenters. The van der Waals surface area contributed by atoms with Crippen LogP contribution in [0.1, 0.15) is 44.0 Å². The molecule has 1 aromatic rings. The Morgan fingerprint density at radius 2 is 1.94 bits per heavy atom. The van der Waals surface area contributed by atoms with Gasteiger partial charge in [0, 0.05) is 11.6 Å². The molecule has 0 saturated heterocycles. The van der Waals surface area contributed by atoms with E-state index >= 15 is 0 Å². The topological polar surface area (TPSA) is 38.3 Å². The summed E-state index contributed by atoms with van der Waals surface area (Å²) >= 11 is 0. The number of rotatable bonds is 6. The highest BCUT2D eigenvalue weighted by Gasteiger charge is 2.08. The van der Waals surface area contributed by atoms with Crippen LogP contribution in [0.3, 0.4) is 0 Å². The quantitative estimate of drug-likeness (QED) is 0.823. The van der Waals surface area contributed by atoms with Gasteiger partial charge in [-0.3, -0.25) is 4.79 Å². The lowest BCUT2D eigenvalue weighted by Crippen LogP contribution is -2.31. The second-order valence-electron chi connectivity index (χ2n) is 4.16. The number of hydrogen-bond acceptors (Lipinski definition) is 2. The summed E-state index contributed by atoms with van der Waals surface area (Å²) in [5.41, 5.74) is 0.675. The minimum absolute atomic E-state index is 0.0265. The highest BCUT2D eigenvalue weighted by molar-refractivity contribution is 5.94. The fourth-order valence-electron chi connectivity index (χ4n) is 1.33. The monoisotopic (exact) mass is 235 g/mol. The second kappa shape index (κ2) is 6.94. The molecule has 1 aromatic carbocycles. The Hall–Kier alpha value is -1.51. The SMILES string of the molecule is CCCOc1ccc(C(=O)N[C@H](C)CC)cc1. The van der Waals surface area contributed by atoms with Crippen LogP contribution in [0.5, 0.6) is 5.75 Å². The molecule has 0 aliphatic carbocycles. The summed E-state index contributed by atoms with van der Waals surface area (Å²) in [5.74, 6) is 0.785. The van der Waals surface area contributed by atoms with Gasteiger partial charge in [0.15, 0.2) is 0 Å². The average Bonchev–Trinajstić information content (AvgIpc) is 2.36. The molecule has 0 fully saturated rings. The highest BCUT2D eigenvalue weighted by Crippen LogP contribution is 2.12. The minimum atomic E-state index is -0.0265. The van der Waals surface area contributed by atoms with Crippen molar-refractivity contribution in [1.82, 2.24) is 5.32 Å². The van der Waals surface area contributed by atoms with Crippen LogP contribution in [0.4, 0.5) is 0 Å². The van der Waals surface area contributed by atoms with Gasteiger partial charge in [0.2, 0.25) is 0 Å². The number of carbonyl (C=O) groups excluding carboxylic acids is 1. The first kappa shape index (κ1) is 13.6. The summed E-state index contributed by atoms with van der Waals surface area (Å²) in [6, 6.07) is 7.46. The number of carbonyl (C=O) groups is 1. The van der Waals surface area contributed by atoms with Crippen molar-refractivity contribution in [3.8, 4) is 5.75 Å². The number of hydrogen-bond donors (Lipinski definition) is 1. The number of amides is 1. The number of benzene rings is 1. The van der Waals surface area contributed by atoms with Crippen molar-refractivity contribution in [2.75, 3.05) is 6.61 Å². The molecular weight excluding hydrogens is 214 g/mol. The van der Waals surface area contributed by atoms with Gasteiger partial charge in [0.1, 0.15) is 5.75 Å². The Bertz CT molecular complexity index is 346. The predicted octanol–water partition coefficient (Wildman–Crippen LogP) is 3.00. The van der Waals surface area contributed by atoms with Gasteiger partial charge in [-0.05, 0) is 44.0 Å². The number of nitrogens with one attached hydrogen (secondary N) is 1. The largest absolute Gasteiger partial charge is 0.494 e. The third-order valence-electron chi connectivity index (χ3n) is 2.58. The summed E-state index contributed by atoms with van der Waals surface area (Å²) in [6.07, 6.45) is 1.92. The lowest BCUT2D eigenvalue weighted by Gasteiger charge is -2.11. The summed E-state index contributed by atoms with van der Waals surface area (Å²) in [4.78, 5) is 11.8. The molecule has 0 aromatic heterocycles. The van der Waals surface area contributed by atoms with Crippen molar-refractivity contribution in [1.29, 1.82) is 0 Å². The van der Waals surface area contributed by atoms with Gasteiger partial charge in [-0.1, -0.05) is 13.8 Å². The van der Waals surface area contributed by atoms with Gasteiger partial charge < -0.3 is 10.1 Å². The Kier molecular flexibility index (Phi) is 5.53. The molecule has 1 atom stereocenters. The third-order valence-corrected chi connectivity index (χ3v) is 2.58. The molecule has 0 spiro atoms. The fraction of sp³-hybridized carbons (Fsp3) is 0.500. The van der Waals surface area contributed by atoms with Crippen molar-refractivity contribution >= 4 is 5.91 Å². The Balaban J connectivity index is 2.57. The van der Waals surface area contributed by atoms with Gasteiger partial charge in [0.05, 0.1) is 6.61 Å². The van der Waals surface area contributed by atoms with E-state index in [1.165, 1.54) is 0 Å². The summed E-state index contributed by atoms with van der Waals surface area (Å²) in [6.45, 7) is 6.82. The molecule has 0 radical (unpaired) electrons. The second-order valence-corrected chi connectivity index (χ2v) is 4.16. The fourth-order valence-corrected chi connectivity index (χ4v) is 1.33. The van der Waals surface area contributed by atoms with Crippen LogP contribution >= 0.6 is 0 Å². The third kappa shape index (κ3) is 4.47. The normalized spacial score (nSPS) is 11.9. The molecule has 0 heterocycles. The van der Waals surface area contributed by atoms with Gasteiger partial charge in [-0.2, -0.15) is 0 Å². The van der Waals surface area contributed by atoms with E-state index in [1.54, 1.807) is 12.1 Å². The zero-order valence-electron chi connectivity index (χ0n) is 10.8. The van der Waals surface area contributed by atoms with Crippen LogP contribution < -0.4 is 10.1 Å². The lowest BCUT2D eigenvalue weighted by molar-refractivity contribution is 0.0939. The van der Waals surface area contributed by atoms with Crippen LogP contribution in [0.2, 0.25) is 0 Å². The highest BCUT2D eigenvalue weighted by atomic mass is 16.5. The van der Waals surface area contributed by atoms with Gasteiger partial charge in [-0.25, -0.2) is 0 Å². The van der Waals surface area contributed by atoms with Crippen LogP contribution in [0.15, 0.2) is 24.3 Å². The molecule has 3 heteroatoms. The molecular formula is C14H21NO2. The predicted molar refractivity (Wildman–Crippen MR) is 69.4 cm³/mol. The molecule has 0 saturated carbocycles. The summed E-state index contributed by atoms with van der Waals surface area (Å²) in [7, 11) is 0. The van der Waals surface area contributed by atoms with Gasteiger partial charge >= 0.3 is 0 Å². The van der Waals surface area contributed by atoms with E-state index in [0.29, 0.717) is 12.2 Å². The minimum Gasteiger partial charge on any atom is -0.494 e. The van der Waals surface area contributed by atoms with Crippen molar-refractivity contribution in [3.63, 3.8) is 0 Å². The van der Waals surface area contributed by atoms with Gasteiger partial charge in [-0.15, -0.1) is 0 Å². The molecule has 0 aliphatic heterocycles. The van der Waals surface area contributed by atoms with Crippen LogP contribution in [-0.2, 0) is 0 Å². The molecule has 0 bridgehead atoms. The first-order valence-corrected chi connectivity index (χ1v) is 6.21.